The molecule has 2 aliphatic heterocycles. The summed E-state index contributed by atoms with van der Waals surface area (Å²) in [6.45, 7) is 7.57. The first-order valence-electron chi connectivity index (χ1n) is 15.1. The van der Waals surface area contributed by atoms with Crippen LogP contribution in [0.4, 0.5) is 22.4 Å². The van der Waals surface area contributed by atoms with Crippen molar-refractivity contribution in [3.63, 3.8) is 0 Å². The fraction of sp³-hybridized carbons (Fsp3) is 0.531. The Bertz CT molecular complexity index is 1560. The molecular formula is C32H36F4N4O4. The second-order valence-electron chi connectivity index (χ2n) is 13.1. The number of alkyl halides is 3. The quantitative estimate of drug-likeness (QED) is 0.336. The first-order chi connectivity index (χ1) is 20.8. The lowest BCUT2D eigenvalue weighted by molar-refractivity contribution is -0.274. The molecule has 2 fully saturated rings. The highest BCUT2D eigenvalue weighted by atomic mass is 19.4. The maximum absolute atomic E-state index is 15.6. The van der Waals surface area contributed by atoms with Crippen molar-refractivity contribution < 1.29 is 36.6 Å². The molecule has 1 aliphatic carbocycles. The molecule has 1 N–H and O–H groups in total. The fourth-order valence-electron chi connectivity index (χ4n) is 7.02. The minimum absolute atomic E-state index is 0.130. The van der Waals surface area contributed by atoms with Crippen LogP contribution >= 0.6 is 0 Å². The van der Waals surface area contributed by atoms with E-state index in [1.165, 1.54) is 18.3 Å². The SMILES string of the molecule is CC(C)(C)OC(=O)N1CC[C@H]2Cc3[nH]c4ncc(F)c(C5CCN(C(=O)c6ccc(OC(F)(F)F)cc6)CC5)c4c3C[C@@H]2C1. The molecule has 0 unspecified atom stereocenters. The van der Waals surface area contributed by atoms with E-state index in [-0.39, 0.29) is 35.2 Å². The smallest absolute Gasteiger partial charge is 0.444 e. The zero-order valence-corrected chi connectivity index (χ0v) is 25.0. The molecule has 1 aromatic carbocycles. The number of rotatable bonds is 3. The van der Waals surface area contributed by atoms with Crippen LogP contribution in [-0.4, -0.2) is 69.9 Å². The molecule has 0 saturated carbocycles. The van der Waals surface area contributed by atoms with Crippen LogP contribution in [0, 0.1) is 17.7 Å². The molecule has 12 heteroatoms. The summed E-state index contributed by atoms with van der Waals surface area (Å²) in [4.78, 5) is 37.2. The van der Waals surface area contributed by atoms with Crippen molar-refractivity contribution in [2.24, 2.45) is 11.8 Å². The van der Waals surface area contributed by atoms with Crippen molar-refractivity contribution in [2.45, 2.75) is 70.8 Å². The number of H-pyrrole nitrogens is 1. The van der Waals surface area contributed by atoms with Crippen LogP contribution < -0.4 is 4.74 Å². The molecule has 0 bridgehead atoms. The number of aromatic nitrogens is 2. The number of amides is 2. The fourth-order valence-corrected chi connectivity index (χ4v) is 7.02. The van der Waals surface area contributed by atoms with Crippen molar-refractivity contribution in [1.29, 1.82) is 0 Å². The topological polar surface area (TPSA) is 87.8 Å². The molecule has 8 nitrogen and oxygen atoms in total. The van der Waals surface area contributed by atoms with Crippen LogP contribution in [0.5, 0.6) is 5.75 Å². The average molecular weight is 617 g/mol. The Morgan fingerprint density at radius 3 is 2.30 bits per heavy atom. The van der Waals surface area contributed by atoms with Gasteiger partial charge in [0, 0.05) is 48.4 Å². The maximum Gasteiger partial charge on any atom is 0.573 e. The van der Waals surface area contributed by atoms with Crippen molar-refractivity contribution in [3.05, 3.63) is 58.7 Å². The number of ether oxygens (including phenoxy) is 2. The van der Waals surface area contributed by atoms with Gasteiger partial charge >= 0.3 is 12.5 Å². The molecule has 0 spiro atoms. The number of fused-ring (bicyclic) bond motifs is 4. The van der Waals surface area contributed by atoms with Gasteiger partial charge < -0.3 is 24.3 Å². The van der Waals surface area contributed by atoms with E-state index in [0.717, 1.165) is 41.6 Å². The molecule has 0 radical (unpaired) electrons. The highest BCUT2D eigenvalue weighted by Crippen LogP contribution is 2.43. The van der Waals surface area contributed by atoms with Gasteiger partial charge in [-0.05, 0) is 100 Å². The Morgan fingerprint density at radius 1 is 0.955 bits per heavy atom. The number of carbonyl (C=O) groups excluding carboxylic acids is 2. The van der Waals surface area contributed by atoms with Crippen LogP contribution in [0.15, 0.2) is 30.5 Å². The number of nitrogens with one attached hydrogen (secondary N) is 1. The summed E-state index contributed by atoms with van der Waals surface area (Å²) in [7, 11) is 0. The Hall–Kier alpha value is -3.83. The van der Waals surface area contributed by atoms with Gasteiger partial charge in [-0.3, -0.25) is 4.79 Å². The highest BCUT2D eigenvalue weighted by molar-refractivity contribution is 5.94. The van der Waals surface area contributed by atoms with Crippen molar-refractivity contribution in [3.8, 4) is 5.75 Å². The summed E-state index contributed by atoms with van der Waals surface area (Å²) in [5, 5.41) is 0.817. The van der Waals surface area contributed by atoms with E-state index in [1.807, 2.05) is 20.8 Å². The summed E-state index contributed by atoms with van der Waals surface area (Å²) < 4.78 is 62.5. The number of piperidine rings is 2. The molecule has 2 amide bonds. The van der Waals surface area contributed by atoms with Crippen molar-refractivity contribution in [1.82, 2.24) is 19.8 Å². The lowest BCUT2D eigenvalue weighted by Gasteiger charge is -2.41. The van der Waals surface area contributed by atoms with Crippen LogP contribution in [0.25, 0.3) is 11.0 Å². The molecule has 2 atom stereocenters. The van der Waals surface area contributed by atoms with E-state index in [9.17, 15) is 22.8 Å². The van der Waals surface area contributed by atoms with E-state index in [4.69, 9.17) is 4.74 Å². The third-order valence-corrected chi connectivity index (χ3v) is 9.01. The van der Waals surface area contributed by atoms with Gasteiger partial charge in [0.1, 0.15) is 22.8 Å². The Kier molecular flexibility index (Phi) is 7.73. The molecule has 6 rings (SSSR count). The highest BCUT2D eigenvalue weighted by Gasteiger charge is 2.39. The Morgan fingerprint density at radius 2 is 1.64 bits per heavy atom. The molecule has 2 aromatic heterocycles. The molecule has 4 heterocycles. The monoisotopic (exact) mass is 616 g/mol. The maximum atomic E-state index is 15.6. The third kappa shape index (κ3) is 6.21. The lowest BCUT2D eigenvalue weighted by Crippen LogP contribution is -2.47. The number of hydrogen-bond donors (Lipinski definition) is 1. The van der Waals surface area contributed by atoms with E-state index < -0.39 is 17.7 Å². The van der Waals surface area contributed by atoms with Crippen molar-refractivity contribution >= 4 is 23.0 Å². The van der Waals surface area contributed by atoms with E-state index >= 15 is 4.39 Å². The predicted octanol–water partition coefficient (Wildman–Crippen LogP) is 6.59. The first kappa shape index (κ1) is 30.2. The lowest BCUT2D eigenvalue weighted by atomic mass is 9.73. The minimum atomic E-state index is -4.81. The van der Waals surface area contributed by atoms with E-state index in [0.29, 0.717) is 62.6 Å². The zero-order chi connectivity index (χ0) is 31.4. The number of nitrogens with zero attached hydrogens (tertiary/aromatic N) is 3. The first-order valence-corrected chi connectivity index (χ1v) is 15.1. The number of hydrogen-bond acceptors (Lipinski definition) is 5. The molecule has 2 saturated heterocycles. The molecule has 3 aliphatic rings. The number of pyridine rings is 1. The summed E-state index contributed by atoms with van der Waals surface area (Å²) in [5.74, 6) is -0.548. The molecule has 3 aromatic rings. The summed E-state index contributed by atoms with van der Waals surface area (Å²) in [6, 6.07) is 4.87. The van der Waals surface area contributed by atoms with Gasteiger partial charge in [-0.2, -0.15) is 0 Å². The second-order valence-corrected chi connectivity index (χ2v) is 13.1. The average Bonchev–Trinajstić information content (AvgIpc) is 3.31. The molecular weight excluding hydrogens is 580 g/mol. The summed E-state index contributed by atoms with van der Waals surface area (Å²) >= 11 is 0. The van der Waals surface area contributed by atoms with Crippen LogP contribution in [0.1, 0.15) is 73.1 Å². The molecule has 44 heavy (non-hydrogen) atoms. The Labute approximate surface area is 252 Å². The van der Waals surface area contributed by atoms with Gasteiger partial charge in [0.2, 0.25) is 0 Å². The van der Waals surface area contributed by atoms with Gasteiger partial charge in [-0.15, -0.1) is 13.2 Å². The van der Waals surface area contributed by atoms with Gasteiger partial charge in [-0.1, -0.05) is 0 Å². The van der Waals surface area contributed by atoms with E-state index in [2.05, 4.69) is 14.7 Å². The number of likely N-dealkylation sites (tertiary alicyclic amines) is 2. The minimum Gasteiger partial charge on any atom is -0.444 e. The number of benzene rings is 1. The van der Waals surface area contributed by atoms with Gasteiger partial charge in [0.25, 0.3) is 5.91 Å². The van der Waals surface area contributed by atoms with Crippen LogP contribution in [-0.2, 0) is 17.6 Å². The number of aromatic amines is 1. The zero-order valence-electron chi connectivity index (χ0n) is 25.0. The van der Waals surface area contributed by atoms with Gasteiger partial charge in [0.05, 0.1) is 6.20 Å². The van der Waals surface area contributed by atoms with Crippen LogP contribution in [0.2, 0.25) is 0 Å². The normalized spacial score (nSPS) is 21.2. The summed E-state index contributed by atoms with van der Waals surface area (Å²) in [6.07, 6.45) is -0.372. The second kappa shape index (κ2) is 11.3. The van der Waals surface area contributed by atoms with E-state index in [1.54, 1.807) is 9.80 Å². The largest absolute Gasteiger partial charge is 0.573 e. The van der Waals surface area contributed by atoms with Crippen LogP contribution in [0.3, 0.4) is 0 Å². The number of halogens is 4. The third-order valence-electron chi connectivity index (χ3n) is 9.01. The Balaban J connectivity index is 1.18. The predicted molar refractivity (Wildman–Crippen MR) is 154 cm³/mol. The standard InChI is InChI=1S/C32H36F4N4O4/c1-31(2,3)44-30(42)40-13-10-20-15-25-23(14-21(20)17-40)27-26(24(33)16-37-28(27)38-25)18-8-11-39(12-9-18)29(41)19-4-6-22(7-5-19)43-32(34,35)36/h4-7,16,18,20-21H,8-15,17H2,1-3H3,(H,37,38)/t20-,21+/m0/s1. The summed E-state index contributed by atoms with van der Waals surface area (Å²) in [5.41, 5.74) is 3.11. The van der Waals surface area contributed by atoms with Crippen molar-refractivity contribution in [2.75, 3.05) is 26.2 Å². The number of carbonyl (C=O) groups is 2. The van der Waals surface area contributed by atoms with Gasteiger partial charge in [-0.25, -0.2) is 14.2 Å². The van der Waals surface area contributed by atoms with Gasteiger partial charge in [0.15, 0.2) is 0 Å². The molecule has 236 valence electrons.